The summed E-state index contributed by atoms with van der Waals surface area (Å²) < 4.78 is 5.39. The number of thiazole rings is 1. The molecular formula is C10H15NO2S. The third-order valence-electron chi connectivity index (χ3n) is 1.90. The summed E-state index contributed by atoms with van der Waals surface area (Å²) >= 11 is 1.39. The van der Waals surface area contributed by atoms with Crippen LogP contribution in [0.2, 0.25) is 0 Å². The van der Waals surface area contributed by atoms with E-state index >= 15 is 0 Å². The standard InChI is InChI=1S/C10H15NO2S/c1-10(2,3)8(13-4)9-11-5-7(6-12)14-9/h5-6,8H,1-4H3. The van der Waals surface area contributed by atoms with Crippen molar-refractivity contribution in [2.75, 3.05) is 7.11 Å². The molecule has 0 aliphatic heterocycles. The summed E-state index contributed by atoms with van der Waals surface area (Å²) in [4.78, 5) is 15.3. The molecule has 0 saturated heterocycles. The van der Waals surface area contributed by atoms with Gasteiger partial charge < -0.3 is 4.74 Å². The third kappa shape index (κ3) is 2.39. The Balaban J connectivity index is 2.95. The van der Waals surface area contributed by atoms with Crippen LogP contribution in [0.15, 0.2) is 6.20 Å². The molecule has 0 radical (unpaired) electrons. The lowest BCUT2D eigenvalue weighted by Gasteiger charge is -2.27. The number of methoxy groups -OCH3 is 1. The summed E-state index contributed by atoms with van der Waals surface area (Å²) in [6.45, 7) is 6.26. The summed E-state index contributed by atoms with van der Waals surface area (Å²) in [7, 11) is 1.66. The van der Waals surface area contributed by atoms with Gasteiger partial charge in [0, 0.05) is 13.3 Å². The van der Waals surface area contributed by atoms with Crippen LogP contribution in [-0.2, 0) is 4.74 Å². The van der Waals surface area contributed by atoms with E-state index in [-0.39, 0.29) is 11.5 Å². The second-order valence-corrected chi connectivity index (χ2v) is 5.29. The van der Waals surface area contributed by atoms with Crippen LogP contribution in [0.4, 0.5) is 0 Å². The summed E-state index contributed by atoms with van der Waals surface area (Å²) in [5.41, 5.74) is -0.00718. The second kappa shape index (κ2) is 4.19. The molecule has 0 aliphatic rings. The molecule has 3 nitrogen and oxygen atoms in total. The average molecular weight is 213 g/mol. The van der Waals surface area contributed by atoms with Crippen LogP contribution in [0, 0.1) is 5.41 Å². The number of aromatic nitrogens is 1. The lowest BCUT2D eigenvalue weighted by molar-refractivity contribution is 0.0150. The van der Waals surface area contributed by atoms with Crippen LogP contribution in [-0.4, -0.2) is 18.4 Å². The first kappa shape index (κ1) is 11.3. The van der Waals surface area contributed by atoms with Gasteiger partial charge in [-0.25, -0.2) is 4.98 Å². The number of aldehydes is 1. The predicted molar refractivity (Wildman–Crippen MR) is 56.7 cm³/mol. The summed E-state index contributed by atoms with van der Waals surface area (Å²) in [6, 6.07) is 0. The molecule has 0 bridgehead atoms. The van der Waals surface area contributed by atoms with Crippen molar-refractivity contribution in [3.05, 3.63) is 16.1 Å². The summed E-state index contributed by atoms with van der Waals surface area (Å²) in [6.07, 6.45) is 2.35. The minimum atomic E-state index is -0.0544. The number of nitrogens with zero attached hydrogens (tertiary/aromatic N) is 1. The minimum Gasteiger partial charge on any atom is -0.374 e. The van der Waals surface area contributed by atoms with E-state index in [1.54, 1.807) is 13.3 Å². The van der Waals surface area contributed by atoms with Gasteiger partial charge in [-0.15, -0.1) is 11.3 Å². The molecule has 1 aromatic heterocycles. The van der Waals surface area contributed by atoms with E-state index < -0.39 is 0 Å². The van der Waals surface area contributed by atoms with Crippen LogP contribution >= 0.6 is 11.3 Å². The van der Waals surface area contributed by atoms with Gasteiger partial charge in [0.1, 0.15) is 11.1 Å². The molecule has 0 saturated carbocycles. The largest absolute Gasteiger partial charge is 0.374 e. The highest BCUT2D eigenvalue weighted by Crippen LogP contribution is 2.36. The highest BCUT2D eigenvalue weighted by atomic mass is 32.1. The maximum absolute atomic E-state index is 10.5. The van der Waals surface area contributed by atoms with E-state index in [0.29, 0.717) is 4.88 Å². The molecule has 14 heavy (non-hydrogen) atoms. The topological polar surface area (TPSA) is 39.2 Å². The summed E-state index contributed by atoms with van der Waals surface area (Å²) in [5, 5.41) is 0.863. The molecule has 0 aliphatic carbocycles. The van der Waals surface area contributed by atoms with Crippen LogP contribution < -0.4 is 0 Å². The average Bonchev–Trinajstić information content (AvgIpc) is 2.51. The van der Waals surface area contributed by atoms with Crippen molar-refractivity contribution in [3.63, 3.8) is 0 Å². The number of rotatable bonds is 3. The zero-order valence-corrected chi connectivity index (χ0v) is 9.72. The molecular weight excluding hydrogens is 198 g/mol. The van der Waals surface area contributed by atoms with Crippen LogP contribution in [0.3, 0.4) is 0 Å². The fourth-order valence-corrected chi connectivity index (χ4v) is 2.36. The van der Waals surface area contributed by atoms with Gasteiger partial charge in [0.2, 0.25) is 0 Å². The zero-order chi connectivity index (χ0) is 10.8. The van der Waals surface area contributed by atoms with Crippen molar-refractivity contribution >= 4 is 17.6 Å². The van der Waals surface area contributed by atoms with Crippen molar-refractivity contribution in [2.45, 2.75) is 26.9 Å². The molecule has 1 aromatic rings. The van der Waals surface area contributed by atoms with Crippen molar-refractivity contribution in [3.8, 4) is 0 Å². The molecule has 0 fully saturated rings. The van der Waals surface area contributed by atoms with Gasteiger partial charge >= 0.3 is 0 Å². The van der Waals surface area contributed by atoms with E-state index in [4.69, 9.17) is 4.74 Å². The normalized spacial score (nSPS) is 14.0. The smallest absolute Gasteiger partial charge is 0.161 e. The Labute approximate surface area is 88.1 Å². The van der Waals surface area contributed by atoms with Gasteiger partial charge in [-0.3, -0.25) is 4.79 Å². The van der Waals surface area contributed by atoms with Crippen LogP contribution in [0.5, 0.6) is 0 Å². The molecule has 1 rings (SSSR count). The number of hydrogen-bond donors (Lipinski definition) is 0. The molecule has 0 N–H and O–H groups in total. The second-order valence-electron chi connectivity index (χ2n) is 4.20. The van der Waals surface area contributed by atoms with E-state index in [1.807, 2.05) is 0 Å². The minimum absolute atomic E-state index is 0.00718. The van der Waals surface area contributed by atoms with Gasteiger partial charge in [-0.05, 0) is 5.41 Å². The molecule has 1 atom stereocenters. The zero-order valence-electron chi connectivity index (χ0n) is 8.90. The number of hydrogen-bond acceptors (Lipinski definition) is 4. The third-order valence-corrected chi connectivity index (χ3v) is 2.87. The summed E-state index contributed by atoms with van der Waals surface area (Å²) in [5.74, 6) is 0. The van der Waals surface area contributed by atoms with E-state index in [1.165, 1.54) is 11.3 Å². The maximum atomic E-state index is 10.5. The van der Waals surface area contributed by atoms with Crippen molar-refractivity contribution < 1.29 is 9.53 Å². The Morgan fingerprint density at radius 1 is 1.57 bits per heavy atom. The molecule has 0 amide bonds. The molecule has 4 heteroatoms. The first-order valence-corrected chi connectivity index (χ1v) is 5.24. The lowest BCUT2D eigenvalue weighted by atomic mass is 9.89. The number of carbonyl (C=O) groups excluding carboxylic acids is 1. The van der Waals surface area contributed by atoms with E-state index in [2.05, 4.69) is 25.8 Å². The van der Waals surface area contributed by atoms with Gasteiger partial charge in [-0.2, -0.15) is 0 Å². The van der Waals surface area contributed by atoms with Gasteiger partial charge in [0.05, 0.1) is 4.88 Å². The van der Waals surface area contributed by atoms with Gasteiger partial charge in [-0.1, -0.05) is 20.8 Å². The van der Waals surface area contributed by atoms with Gasteiger partial charge in [0.25, 0.3) is 0 Å². The van der Waals surface area contributed by atoms with Crippen molar-refractivity contribution in [1.82, 2.24) is 4.98 Å². The highest BCUT2D eigenvalue weighted by Gasteiger charge is 2.28. The maximum Gasteiger partial charge on any atom is 0.161 e. The predicted octanol–water partition coefficient (Wildman–Crippen LogP) is 2.69. The number of ether oxygens (including phenoxy) is 1. The molecule has 0 aromatic carbocycles. The van der Waals surface area contributed by atoms with E-state index in [9.17, 15) is 4.79 Å². The Bertz CT molecular complexity index is 314. The molecule has 0 spiro atoms. The Kier molecular flexibility index (Phi) is 3.39. The lowest BCUT2D eigenvalue weighted by Crippen LogP contribution is -2.19. The Morgan fingerprint density at radius 3 is 2.57 bits per heavy atom. The highest BCUT2D eigenvalue weighted by molar-refractivity contribution is 7.13. The fraction of sp³-hybridized carbons (Fsp3) is 0.600. The van der Waals surface area contributed by atoms with Gasteiger partial charge in [0.15, 0.2) is 6.29 Å². The van der Waals surface area contributed by atoms with Crippen LogP contribution in [0.25, 0.3) is 0 Å². The van der Waals surface area contributed by atoms with E-state index in [0.717, 1.165) is 11.3 Å². The molecule has 1 unspecified atom stereocenters. The quantitative estimate of drug-likeness (QED) is 0.725. The first-order chi connectivity index (χ1) is 6.49. The molecule has 78 valence electrons. The fourth-order valence-electron chi connectivity index (χ4n) is 1.30. The number of carbonyl (C=O) groups is 1. The van der Waals surface area contributed by atoms with Crippen molar-refractivity contribution in [2.24, 2.45) is 5.41 Å². The van der Waals surface area contributed by atoms with Crippen molar-refractivity contribution in [1.29, 1.82) is 0 Å². The molecule has 1 heterocycles. The SMILES string of the molecule is COC(c1ncc(C=O)s1)C(C)(C)C. The Hall–Kier alpha value is -0.740. The monoisotopic (exact) mass is 213 g/mol. The first-order valence-electron chi connectivity index (χ1n) is 4.42. The van der Waals surface area contributed by atoms with Crippen LogP contribution in [0.1, 0.15) is 41.6 Å². The Morgan fingerprint density at radius 2 is 2.21 bits per heavy atom.